The molecule has 9 unspecified atom stereocenters. The Morgan fingerprint density at radius 2 is 1.57 bits per heavy atom. The molecule has 252 valence electrons. The topological polar surface area (TPSA) is 125 Å². The Morgan fingerprint density at radius 1 is 1.10 bits per heavy atom. The number of aliphatic hydroxyl groups is 3. The minimum absolute atomic E-state index is 0.0651. The van der Waals surface area contributed by atoms with Crippen molar-refractivity contribution in [2.75, 3.05) is 7.05 Å². The van der Waals surface area contributed by atoms with E-state index in [1.54, 1.807) is 34.7 Å². The fraction of sp³-hybridized carbons (Fsp3) is 0.882. The quantitative estimate of drug-likeness (QED) is 0.250. The fourth-order valence-electron chi connectivity index (χ4n) is 4.72. The smallest absolute Gasteiger partial charge is 0.160 e. The molecule has 0 amide bonds. The molecule has 1 fully saturated rings. The van der Waals surface area contributed by atoms with E-state index in [0.29, 0.717) is 24.5 Å². The van der Waals surface area contributed by atoms with Gasteiger partial charge >= 0.3 is 0 Å². The standard InChI is InChI=1S/C22H40O5.C7H15NO2.C3H8.C2H6/c1-12-10-13(2)19(23)11-20(18(7)27-22(8,9)25)26-17(6)16(5)21(24)15(4)14(12)3;1-5(9)4-7(8-3)6(2)10;1-3-2;1-2/h12-16,18-20,23,25H,6,10-11H2,1-5,7-9H3;5,7-9H,4H2,1-3H3;3H2,1-2H3;1-2H3/t12?,13?,14?,15?,16-,18?,19?,20?;;;/m0.../s1. The maximum Gasteiger partial charge on any atom is 0.160 e. The van der Waals surface area contributed by atoms with Crippen LogP contribution in [0, 0.1) is 29.6 Å². The van der Waals surface area contributed by atoms with Crippen LogP contribution in [0.5, 0.6) is 0 Å². The average Bonchev–Trinajstić information content (AvgIpc) is 2.89. The van der Waals surface area contributed by atoms with E-state index in [1.165, 1.54) is 13.3 Å². The second kappa shape index (κ2) is 23.1. The van der Waals surface area contributed by atoms with Crippen LogP contribution < -0.4 is 5.32 Å². The number of likely N-dealkylation sites (N-methyl/N-ethyl adjacent to an activating group) is 1. The minimum Gasteiger partial charge on any atom is -0.492 e. The third-order valence-corrected chi connectivity index (χ3v) is 7.64. The maximum absolute atomic E-state index is 12.9. The van der Waals surface area contributed by atoms with Crippen LogP contribution in [0.3, 0.4) is 0 Å². The predicted octanol–water partition coefficient (Wildman–Crippen LogP) is 6.30. The second-order valence-electron chi connectivity index (χ2n) is 12.4. The summed E-state index contributed by atoms with van der Waals surface area (Å²) >= 11 is 0. The number of Topliss-reactive ketones (excluding diaryl/α,β-unsaturated/α-hetero) is 2. The molecule has 0 bridgehead atoms. The van der Waals surface area contributed by atoms with Gasteiger partial charge in [0.05, 0.1) is 36.0 Å². The van der Waals surface area contributed by atoms with Crippen LogP contribution in [-0.2, 0) is 19.1 Å². The number of ketones is 2. The van der Waals surface area contributed by atoms with E-state index in [-0.39, 0.29) is 35.4 Å². The van der Waals surface area contributed by atoms with Gasteiger partial charge in [-0.1, -0.05) is 68.4 Å². The SMILES string of the molecule is C=C1OC(C(C)OC(C)(C)O)CC(O)C(C)CC(C)C(C)C(C)C(=O)[C@H]1C.CC.CCC.CNC(CC(C)O)C(C)=O. The fourth-order valence-corrected chi connectivity index (χ4v) is 4.72. The maximum atomic E-state index is 12.9. The van der Waals surface area contributed by atoms with Crippen LogP contribution in [-0.4, -0.2) is 70.2 Å². The number of nitrogens with one attached hydrogen (secondary N) is 1. The summed E-state index contributed by atoms with van der Waals surface area (Å²) in [5.74, 6) is -0.661. The van der Waals surface area contributed by atoms with E-state index in [4.69, 9.17) is 14.6 Å². The summed E-state index contributed by atoms with van der Waals surface area (Å²) in [7, 11) is 1.72. The zero-order chi connectivity index (χ0) is 34.0. The lowest BCUT2D eigenvalue weighted by Crippen LogP contribution is -2.41. The van der Waals surface area contributed by atoms with Crippen molar-refractivity contribution in [2.45, 2.75) is 159 Å². The Labute approximate surface area is 259 Å². The Morgan fingerprint density at radius 3 is 1.93 bits per heavy atom. The lowest BCUT2D eigenvalue weighted by Gasteiger charge is -2.36. The van der Waals surface area contributed by atoms with E-state index >= 15 is 0 Å². The van der Waals surface area contributed by atoms with Crippen molar-refractivity contribution in [3.63, 3.8) is 0 Å². The number of carbonyl (C=O) groups is 2. The van der Waals surface area contributed by atoms with Crippen molar-refractivity contribution in [3.8, 4) is 0 Å². The molecule has 0 aromatic heterocycles. The normalized spacial score (nSPS) is 29.2. The number of rotatable bonds is 7. The van der Waals surface area contributed by atoms with E-state index in [1.807, 2.05) is 34.6 Å². The molecule has 0 aromatic carbocycles. The highest BCUT2D eigenvalue weighted by atomic mass is 16.6. The van der Waals surface area contributed by atoms with Crippen LogP contribution in [0.1, 0.15) is 123 Å². The van der Waals surface area contributed by atoms with Gasteiger partial charge < -0.3 is 30.1 Å². The Balaban J connectivity index is -0.000000841. The number of ether oxygens (including phenoxy) is 2. The molecule has 1 saturated heterocycles. The molecular formula is C34H69NO7. The van der Waals surface area contributed by atoms with Crippen LogP contribution >= 0.6 is 0 Å². The molecule has 10 atom stereocenters. The average molecular weight is 604 g/mol. The number of aliphatic hydroxyl groups excluding tert-OH is 2. The summed E-state index contributed by atoms with van der Waals surface area (Å²) in [5.41, 5.74) is 0. The number of allylic oxidation sites excluding steroid dienone is 1. The third kappa shape index (κ3) is 19.1. The summed E-state index contributed by atoms with van der Waals surface area (Å²) < 4.78 is 11.7. The molecular weight excluding hydrogens is 534 g/mol. The third-order valence-electron chi connectivity index (χ3n) is 7.64. The van der Waals surface area contributed by atoms with Gasteiger partial charge in [-0.15, -0.1) is 0 Å². The van der Waals surface area contributed by atoms with E-state index in [0.717, 1.165) is 6.42 Å². The lowest BCUT2D eigenvalue weighted by molar-refractivity contribution is -0.225. The zero-order valence-corrected chi connectivity index (χ0v) is 29.8. The van der Waals surface area contributed by atoms with Crippen molar-refractivity contribution >= 4 is 11.6 Å². The first-order chi connectivity index (χ1) is 19.2. The first kappa shape index (κ1) is 45.1. The summed E-state index contributed by atoms with van der Waals surface area (Å²) in [4.78, 5) is 23.7. The molecule has 0 spiro atoms. The summed E-state index contributed by atoms with van der Waals surface area (Å²) in [6.45, 7) is 30.4. The van der Waals surface area contributed by atoms with Crippen LogP contribution in [0.4, 0.5) is 0 Å². The van der Waals surface area contributed by atoms with Gasteiger partial charge in [-0.05, 0) is 79.2 Å². The van der Waals surface area contributed by atoms with E-state index in [9.17, 15) is 19.8 Å². The summed E-state index contributed by atoms with van der Waals surface area (Å²) in [6.07, 6.45) is 0.984. The van der Waals surface area contributed by atoms with Crippen molar-refractivity contribution in [1.29, 1.82) is 0 Å². The van der Waals surface area contributed by atoms with Gasteiger partial charge in [0.15, 0.2) is 5.79 Å². The highest BCUT2D eigenvalue weighted by Crippen LogP contribution is 2.33. The van der Waals surface area contributed by atoms with Gasteiger partial charge in [-0.2, -0.15) is 0 Å². The number of carbonyl (C=O) groups excluding carboxylic acids is 2. The van der Waals surface area contributed by atoms with Crippen LogP contribution in [0.15, 0.2) is 12.3 Å². The highest BCUT2D eigenvalue weighted by molar-refractivity contribution is 5.85. The molecule has 1 rings (SSSR count). The van der Waals surface area contributed by atoms with Gasteiger partial charge in [0.2, 0.25) is 0 Å². The van der Waals surface area contributed by atoms with Gasteiger partial charge in [0, 0.05) is 12.3 Å². The van der Waals surface area contributed by atoms with Gasteiger partial charge in [0.25, 0.3) is 0 Å². The second-order valence-corrected chi connectivity index (χ2v) is 12.4. The Bertz CT molecular complexity index is 734. The molecule has 4 N–H and O–H groups in total. The molecule has 1 heterocycles. The molecule has 1 aliphatic heterocycles. The Kier molecular flexibility index (Phi) is 24.8. The molecule has 42 heavy (non-hydrogen) atoms. The van der Waals surface area contributed by atoms with Crippen LogP contribution in [0.25, 0.3) is 0 Å². The van der Waals surface area contributed by atoms with E-state index in [2.05, 4.69) is 39.6 Å². The Hall–Kier alpha value is -1.32. The largest absolute Gasteiger partial charge is 0.492 e. The van der Waals surface area contributed by atoms with E-state index < -0.39 is 36.1 Å². The summed E-state index contributed by atoms with van der Waals surface area (Å²) in [6, 6.07) is -0.194. The molecule has 0 aliphatic carbocycles. The van der Waals surface area contributed by atoms with Crippen molar-refractivity contribution in [3.05, 3.63) is 12.3 Å². The molecule has 8 nitrogen and oxygen atoms in total. The molecule has 0 aromatic rings. The zero-order valence-electron chi connectivity index (χ0n) is 29.8. The molecule has 1 aliphatic rings. The molecule has 0 saturated carbocycles. The molecule has 0 radical (unpaired) electrons. The highest BCUT2D eigenvalue weighted by Gasteiger charge is 2.36. The minimum atomic E-state index is -1.32. The monoisotopic (exact) mass is 604 g/mol. The number of hydrogen-bond acceptors (Lipinski definition) is 8. The first-order valence-electron chi connectivity index (χ1n) is 16.1. The van der Waals surface area contributed by atoms with Gasteiger partial charge in [0.1, 0.15) is 17.7 Å². The predicted molar refractivity (Wildman–Crippen MR) is 174 cm³/mol. The molecule has 8 heteroatoms. The summed E-state index contributed by atoms with van der Waals surface area (Å²) in [5, 5.41) is 32.5. The van der Waals surface area contributed by atoms with Gasteiger partial charge in [-0.25, -0.2) is 0 Å². The lowest BCUT2D eigenvalue weighted by atomic mass is 9.75. The van der Waals surface area contributed by atoms with Crippen LogP contribution in [0.2, 0.25) is 0 Å². The number of hydrogen-bond donors (Lipinski definition) is 4. The van der Waals surface area contributed by atoms with Crippen molar-refractivity contribution in [1.82, 2.24) is 5.32 Å². The van der Waals surface area contributed by atoms with Gasteiger partial charge in [-0.3, -0.25) is 9.59 Å². The first-order valence-corrected chi connectivity index (χ1v) is 16.1. The van der Waals surface area contributed by atoms with Crippen molar-refractivity contribution in [2.24, 2.45) is 29.6 Å². The van der Waals surface area contributed by atoms with Crippen molar-refractivity contribution < 1.29 is 34.4 Å².